The molecule has 0 unspecified atom stereocenters. The van der Waals surface area contributed by atoms with Crippen LogP contribution in [0.3, 0.4) is 0 Å². The predicted octanol–water partition coefficient (Wildman–Crippen LogP) is 5.05. The van der Waals surface area contributed by atoms with Crippen LogP contribution in [0.25, 0.3) is 10.2 Å². The Bertz CT molecular complexity index is 1410. The van der Waals surface area contributed by atoms with Crippen LogP contribution < -0.4 is 10.2 Å². The van der Waals surface area contributed by atoms with Gasteiger partial charge in [-0.3, -0.25) is 19.7 Å². The fourth-order valence-corrected chi connectivity index (χ4v) is 4.54. The molecule has 0 saturated heterocycles. The maximum atomic E-state index is 13.2. The number of halogens is 1. The minimum atomic E-state index is -0.557. The average molecular weight is 445 g/mol. The molecular formula is C24H16FN3O3S. The van der Waals surface area contributed by atoms with Crippen molar-refractivity contribution in [1.82, 2.24) is 4.98 Å². The molecule has 32 heavy (non-hydrogen) atoms. The van der Waals surface area contributed by atoms with Crippen molar-refractivity contribution in [3.8, 4) is 0 Å². The number of amides is 3. The molecule has 2 heterocycles. The molecule has 0 bridgehead atoms. The van der Waals surface area contributed by atoms with Gasteiger partial charge in [-0.25, -0.2) is 14.3 Å². The van der Waals surface area contributed by atoms with Crippen molar-refractivity contribution in [3.63, 3.8) is 0 Å². The molecule has 0 spiro atoms. The minimum absolute atomic E-state index is 0.129. The van der Waals surface area contributed by atoms with E-state index < -0.39 is 23.5 Å². The minimum Gasteiger partial charge on any atom is -0.298 e. The third-order valence-corrected chi connectivity index (χ3v) is 6.25. The van der Waals surface area contributed by atoms with E-state index in [9.17, 15) is 18.8 Å². The fraction of sp³-hybridized carbons (Fsp3) is 0.0833. The molecule has 1 aliphatic heterocycles. The number of aromatic nitrogens is 1. The first kappa shape index (κ1) is 20.0. The van der Waals surface area contributed by atoms with E-state index >= 15 is 0 Å². The third-order valence-electron chi connectivity index (χ3n) is 5.32. The summed E-state index contributed by atoms with van der Waals surface area (Å²) in [5, 5.41) is 3.22. The van der Waals surface area contributed by atoms with Gasteiger partial charge in [0.05, 0.1) is 27.0 Å². The van der Waals surface area contributed by atoms with Gasteiger partial charge in [0, 0.05) is 5.56 Å². The maximum absolute atomic E-state index is 13.2. The number of thiazole rings is 1. The monoisotopic (exact) mass is 445 g/mol. The third kappa shape index (κ3) is 3.34. The van der Waals surface area contributed by atoms with Crippen molar-refractivity contribution >= 4 is 50.1 Å². The lowest BCUT2D eigenvalue weighted by molar-refractivity contribution is 0.0925. The average Bonchev–Trinajstić information content (AvgIpc) is 3.31. The van der Waals surface area contributed by atoms with Crippen LogP contribution in [0.1, 0.15) is 43.6 Å². The Kier molecular flexibility index (Phi) is 4.79. The number of nitrogens with one attached hydrogen (secondary N) is 1. The highest BCUT2D eigenvalue weighted by molar-refractivity contribution is 7.22. The number of aryl methyl sites for hydroxylation is 1. The van der Waals surface area contributed by atoms with E-state index in [0.29, 0.717) is 5.13 Å². The number of carbonyl (C=O) groups excluding carboxylic acids is 3. The lowest BCUT2D eigenvalue weighted by Crippen LogP contribution is -2.29. The second-order valence-electron chi connectivity index (χ2n) is 7.31. The zero-order chi connectivity index (χ0) is 22.4. The number of hydrogen-bond donors (Lipinski definition) is 1. The molecule has 1 aromatic heterocycles. The quantitative estimate of drug-likeness (QED) is 0.446. The zero-order valence-electron chi connectivity index (χ0n) is 16.9. The van der Waals surface area contributed by atoms with E-state index in [1.54, 1.807) is 0 Å². The molecule has 4 aromatic rings. The van der Waals surface area contributed by atoms with Gasteiger partial charge < -0.3 is 0 Å². The van der Waals surface area contributed by atoms with Gasteiger partial charge in [0.1, 0.15) is 5.82 Å². The van der Waals surface area contributed by atoms with Crippen LogP contribution in [0, 0.1) is 5.82 Å². The lowest BCUT2D eigenvalue weighted by atomic mass is 10.1. The van der Waals surface area contributed by atoms with Crippen LogP contribution in [0.4, 0.5) is 15.2 Å². The smallest absolute Gasteiger partial charge is 0.266 e. The summed E-state index contributed by atoms with van der Waals surface area (Å²) in [5.41, 5.74) is 2.81. The molecule has 1 aliphatic rings. The normalized spacial score (nSPS) is 13.0. The number of nitrogens with zero attached hydrogens (tertiary/aromatic N) is 2. The molecule has 6 nitrogen and oxygen atoms in total. The Hall–Kier alpha value is -3.91. The molecule has 1 N–H and O–H groups in total. The molecular weight excluding hydrogens is 429 g/mol. The van der Waals surface area contributed by atoms with Crippen molar-refractivity contribution in [3.05, 3.63) is 88.7 Å². The molecule has 8 heteroatoms. The first-order valence-electron chi connectivity index (χ1n) is 9.94. The van der Waals surface area contributed by atoms with E-state index in [4.69, 9.17) is 0 Å². The summed E-state index contributed by atoms with van der Waals surface area (Å²) in [4.78, 5) is 43.8. The van der Waals surface area contributed by atoms with E-state index in [0.717, 1.165) is 21.5 Å². The van der Waals surface area contributed by atoms with Crippen molar-refractivity contribution in [1.29, 1.82) is 0 Å². The van der Waals surface area contributed by atoms with Gasteiger partial charge in [-0.15, -0.1) is 0 Å². The summed E-state index contributed by atoms with van der Waals surface area (Å²) in [5.74, 6) is -1.96. The molecule has 3 aromatic carbocycles. The SMILES string of the molecule is CCc1ccc2nc(NC(=O)c3ccc4c(c3)C(=O)N(c3ccc(F)cc3)C4=O)sc2c1. The lowest BCUT2D eigenvalue weighted by Gasteiger charge is -2.13. The Morgan fingerprint density at radius 2 is 1.75 bits per heavy atom. The van der Waals surface area contributed by atoms with Crippen LogP contribution in [0.5, 0.6) is 0 Å². The number of benzene rings is 3. The largest absolute Gasteiger partial charge is 0.298 e. The van der Waals surface area contributed by atoms with Crippen molar-refractivity contribution in [2.24, 2.45) is 0 Å². The summed E-state index contributed by atoms with van der Waals surface area (Å²) in [7, 11) is 0. The van der Waals surface area contributed by atoms with Gasteiger partial charge in [0.25, 0.3) is 17.7 Å². The number of fused-ring (bicyclic) bond motifs is 2. The summed E-state index contributed by atoms with van der Waals surface area (Å²) in [6.07, 6.45) is 0.909. The highest BCUT2D eigenvalue weighted by Crippen LogP contribution is 2.30. The van der Waals surface area contributed by atoms with E-state index in [1.807, 2.05) is 18.2 Å². The second kappa shape index (κ2) is 7.65. The van der Waals surface area contributed by atoms with E-state index in [2.05, 4.69) is 17.2 Å². The van der Waals surface area contributed by atoms with Crippen LogP contribution in [0.15, 0.2) is 60.7 Å². The van der Waals surface area contributed by atoms with Crippen molar-refractivity contribution in [2.45, 2.75) is 13.3 Å². The summed E-state index contributed by atoms with van der Waals surface area (Å²) in [6, 6.07) is 15.4. The number of rotatable bonds is 4. The molecule has 5 rings (SSSR count). The van der Waals surface area contributed by atoms with Crippen LogP contribution in [0.2, 0.25) is 0 Å². The zero-order valence-corrected chi connectivity index (χ0v) is 17.7. The highest BCUT2D eigenvalue weighted by Gasteiger charge is 2.37. The first-order valence-corrected chi connectivity index (χ1v) is 10.8. The Morgan fingerprint density at radius 1 is 1.00 bits per heavy atom. The second-order valence-corrected chi connectivity index (χ2v) is 8.34. The van der Waals surface area contributed by atoms with Crippen LogP contribution in [-0.2, 0) is 6.42 Å². The topological polar surface area (TPSA) is 79.4 Å². The Balaban J connectivity index is 1.41. The highest BCUT2D eigenvalue weighted by atomic mass is 32.1. The molecule has 0 saturated carbocycles. The number of hydrogen-bond acceptors (Lipinski definition) is 5. The molecule has 0 aliphatic carbocycles. The molecule has 0 fully saturated rings. The molecule has 3 amide bonds. The standard InChI is InChI=1S/C24H16FN3O3S/c1-2-13-3-10-19-20(11-13)32-24(26-19)27-21(29)14-4-9-17-18(12-14)23(31)28(22(17)30)16-7-5-15(25)6-8-16/h3-12H,2H2,1H3,(H,26,27,29). The Labute approximate surface area is 186 Å². The molecule has 0 atom stereocenters. The van der Waals surface area contributed by atoms with Crippen LogP contribution >= 0.6 is 11.3 Å². The Morgan fingerprint density at radius 3 is 2.50 bits per heavy atom. The number of anilines is 2. The van der Waals surface area contributed by atoms with Crippen molar-refractivity contribution < 1.29 is 18.8 Å². The van der Waals surface area contributed by atoms with Gasteiger partial charge in [-0.05, 0) is 66.6 Å². The summed E-state index contributed by atoms with van der Waals surface area (Å²) < 4.78 is 14.2. The predicted molar refractivity (Wildman–Crippen MR) is 121 cm³/mol. The van der Waals surface area contributed by atoms with Gasteiger partial charge in [-0.2, -0.15) is 0 Å². The van der Waals surface area contributed by atoms with Gasteiger partial charge in [0.2, 0.25) is 0 Å². The van der Waals surface area contributed by atoms with E-state index in [-0.39, 0.29) is 22.4 Å². The number of imide groups is 1. The first-order chi connectivity index (χ1) is 15.4. The van der Waals surface area contributed by atoms with Gasteiger partial charge in [0.15, 0.2) is 5.13 Å². The van der Waals surface area contributed by atoms with Gasteiger partial charge in [-0.1, -0.05) is 24.3 Å². The fourth-order valence-electron chi connectivity index (χ4n) is 3.62. The maximum Gasteiger partial charge on any atom is 0.266 e. The van der Waals surface area contributed by atoms with Crippen LogP contribution in [-0.4, -0.2) is 22.7 Å². The number of carbonyl (C=O) groups is 3. The summed E-state index contributed by atoms with van der Waals surface area (Å²) >= 11 is 1.37. The summed E-state index contributed by atoms with van der Waals surface area (Å²) in [6.45, 7) is 2.07. The molecule has 158 valence electrons. The van der Waals surface area contributed by atoms with Crippen molar-refractivity contribution in [2.75, 3.05) is 10.2 Å². The van der Waals surface area contributed by atoms with E-state index in [1.165, 1.54) is 59.4 Å². The van der Waals surface area contributed by atoms with Gasteiger partial charge >= 0.3 is 0 Å². The molecule has 0 radical (unpaired) electrons.